The molecule has 5 heterocycles. The molecule has 6 rings (SSSR count). The molecule has 4 fully saturated rings. The van der Waals surface area contributed by atoms with Gasteiger partial charge in [0.1, 0.15) is 23.6 Å². The molecule has 2 aromatic rings. The highest BCUT2D eigenvalue weighted by atomic mass is 16.7. The summed E-state index contributed by atoms with van der Waals surface area (Å²) in [5.41, 5.74) is -0.810. The highest BCUT2D eigenvalue weighted by Crippen LogP contribution is 2.59. The Bertz CT molecular complexity index is 1840. The van der Waals surface area contributed by atoms with Crippen LogP contribution in [0.25, 0.3) is 11.3 Å². The number of aliphatic hydroxyl groups is 1. The molecule has 14 atom stereocenters. The molecule has 3 saturated heterocycles. The minimum absolute atomic E-state index is 0.133. The van der Waals surface area contributed by atoms with E-state index in [1.54, 1.807) is 31.3 Å². The Morgan fingerprint density at radius 1 is 1.00 bits per heavy atom. The molecule has 0 bridgehead atoms. The van der Waals surface area contributed by atoms with Gasteiger partial charge in [0.25, 0.3) is 0 Å². The van der Waals surface area contributed by atoms with Gasteiger partial charge in [-0.15, -0.1) is 0 Å². The number of rotatable bonds is 11. The maximum atomic E-state index is 14.7. The van der Waals surface area contributed by atoms with Crippen LogP contribution in [0, 0.1) is 29.6 Å². The number of unbranched alkanes of at least 4 members (excludes halogenated alkanes) is 1. The first-order chi connectivity index (χ1) is 27.9. The van der Waals surface area contributed by atoms with Gasteiger partial charge < -0.3 is 48.5 Å². The Kier molecular flexibility index (Phi) is 13.3. The lowest BCUT2D eigenvalue weighted by Gasteiger charge is -2.46. The van der Waals surface area contributed by atoms with Crippen LogP contribution in [0.5, 0.6) is 0 Å². The van der Waals surface area contributed by atoms with E-state index in [1.165, 1.54) is 14.0 Å². The van der Waals surface area contributed by atoms with E-state index in [1.807, 2.05) is 76.6 Å². The van der Waals surface area contributed by atoms with Crippen molar-refractivity contribution in [3.8, 4) is 11.3 Å². The lowest BCUT2D eigenvalue weighted by Crippen LogP contribution is -2.59. The number of imidazole rings is 1. The Labute approximate surface area is 347 Å². The van der Waals surface area contributed by atoms with Crippen LogP contribution in [0.15, 0.2) is 30.9 Å². The molecule has 2 aromatic heterocycles. The fraction of sp³-hybridized carbons (Fsp3) is 0.721. The van der Waals surface area contributed by atoms with E-state index in [0.717, 1.165) is 17.1 Å². The number of aromatic nitrogens is 3. The fourth-order valence-corrected chi connectivity index (χ4v) is 9.82. The average molecular weight is 825 g/mol. The van der Waals surface area contributed by atoms with E-state index in [-0.39, 0.29) is 24.3 Å². The second-order valence-corrected chi connectivity index (χ2v) is 17.7. The van der Waals surface area contributed by atoms with Crippen LogP contribution in [-0.4, -0.2) is 142 Å². The van der Waals surface area contributed by atoms with Crippen LogP contribution in [0.4, 0.5) is 10.6 Å². The van der Waals surface area contributed by atoms with Crippen LogP contribution < -0.4 is 5.32 Å². The number of carbonyl (C=O) groups excluding carboxylic acids is 4. The van der Waals surface area contributed by atoms with E-state index in [9.17, 15) is 24.3 Å². The van der Waals surface area contributed by atoms with Gasteiger partial charge in [-0.25, -0.2) is 14.8 Å². The molecule has 0 aromatic carbocycles. The van der Waals surface area contributed by atoms with Crippen molar-refractivity contribution in [1.82, 2.24) is 24.3 Å². The zero-order valence-electron chi connectivity index (χ0n) is 36.4. The summed E-state index contributed by atoms with van der Waals surface area (Å²) in [4.78, 5) is 69.0. The van der Waals surface area contributed by atoms with Crippen molar-refractivity contribution in [2.24, 2.45) is 29.6 Å². The van der Waals surface area contributed by atoms with Gasteiger partial charge in [-0.2, -0.15) is 0 Å². The Balaban J connectivity index is 1.24. The van der Waals surface area contributed by atoms with Crippen molar-refractivity contribution in [2.45, 2.75) is 135 Å². The number of methoxy groups -OCH3 is 1. The molecule has 1 aliphatic carbocycles. The molecule has 1 saturated carbocycles. The van der Waals surface area contributed by atoms with Gasteiger partial charge in [-0.3, -0.25) is 14.4 Å². The van der Waals surface area contributed by atoms with Crippen LogP contribution in [-0.2, 0) is 44.6 Å². The lowest BCUT2D eigenvalue weighted by atomic mass is 9.75. The normalized spacial score (nSPS) is 38.0. The summed E-state index contributed by atoms with van der Waals surface area (Å²) in [5, 5.41) is 14.4. The third-order valence-electron chi connectivity index (χ3n) is 13.5. The number of ketones is 2. The van der Waals surface area contributed by atoms with Crippen molar-refractivity contribution in [3.63, 3.8) is 0 Å². The quantitative estimate of drug-likeness (QED) is 0.187. The predicted octanol–water partition coefficient (Wildman–Crippen LogP) is 4.19. The van der Waals surface area contributed by atoms with Gasteiger partial charge in [-0.05, 0) is 72.7 Å². The average Bonchev–Trinajstić information content (AvgIpc) is 3.50. The summed E-state index contributed by atoms with van der Waals surface area (Å²) in [6.07, 6.45) is 2.66. The van der Waals surface area contributed by atoms with Gasteiger partial charge in [0.05, 0.1) is 35.9 Å². The topological polar surface area (TPSA) is 184 Å². The standard InChI is InChI=1S/C43H64N6O10/c1-23-19-42(7,55-11)37(58-40-35(52)31(47(9)10)18-24(2)56-40)26(4)34(51)27(5)39(53)57-38-28(6)43(38)36(25(3)33(23)50)49(41(54)59-43)17-13-12-16-48-21-30(46-22-48)29-14-15-32(44-8)45-20-29/h14-15,20-28,31,35-38,40,52H,12-13,16-19H2,1-11H3,(H,44,45)/t23-,24-,25+,26+,27-,28?,31+,35-,36-,37-,38-,40?,42+,43+/m1/s1. The predicted molar refractivity (Wildman–Crippen MR) is 217 cm³/mol. The minimum atomic E-state index is -1.26. The number of aliphatic hydroxyl groups excluding tert-OH is 1. The number of likely N-dealkylation sites (N-methyl/N-ethyl adjacent to an activating group) is 1. The maximum absolute atomic E-state index is 14.7. The Morgan fingerprint density at radius 2 is 1.71 bits per heavy atom. The van der Waals surface area contributed by atoms with Crippen molar-refractivity contribution in [1.29, 1.82) is 0 Å². The third-order valence-corrected chi connectivity index (χ3v) is 13.5. The molecule has 16 nitrogen and oxygen atoms in total. The molecule has 2 unspecified atom stereocenters. The van der Waals surface area contributed by atoms with Crippen molar-refractivity contribution >= 4 is 29.4 Å². The highest BCUT2D eigenvalue weighted by Gasteiger charge is 2.78. The number of hydrogen-bond donors (Lipinski definition) is 2. The molecule has 4 aliphatic rings. The largest absolute Gasteiger partial charge is 0.457 e. The first-order valence-corrected chi connectivity index (χ1v) is 21.0. The molecular weight excluding hydrogens is 761 g/mol. The number of anilines is 1. The first-order valence-electron chi connectivity index (χ1n) is 21.0. The number of amides is 1. The molecule has 1 spiro atoms. The Hall–Kier alpha value is -3.96. The molecule has 2 N–H and O–H groups in total. The molecule has 3 aliphatic heterocycles. The third kappa shape index (κ3) is 8.52. The summed E-state index contributed by atoms with van der Waals surface area (Å²) >= 11 is 0. The number of carbonyl (C=O) groups is 4. The van der Waals surface area contributed by atoms with E-state index in [2.05, 4.69) is 15.3 Å². The zero-order valence-corrected chi connectivity index (χ0v) is 36.4. The number of ether oxygens (including phenoxy) is 5. The highest BCUT2D eigenvalue weighted by molar-refractivity contribution is 6.00. The molecular formula is C43H64N6O10. The van der Waals surface area contributed by atoms with Gasteiger partial charge in [0.15, 0.2) is 23.8 Å². The summed E-state index contributed by atoms with van der Waals surface area (Å²) in [6, 6.07) is 2.84. The second-order valence-electron chi connectivity index (χ2n) is 17.7. The second kappa shape index (κ2) is 17.6. The number of aryl methyl sites for hydroxylation is 1. The molecule has 59 heavy (non-hydrogen) atoms. The Morgan fingerprint density at radius 3 is 2.36 bits per heavy atom. The minimum Gasteiger partial charge on any atom is -0.457 e. The molecule has 326 valence electrons. The number of hydrogen-bond acceptors (Lipinski definition) is 14. The number of Topliss-reactive ketones (excluding diaryl/α,β-unsaturated/α-hetero) is 2. The van der Waals surface area contributed by atoms with Crippen molar-refractivity contribution in [3.05, 3.63) is 30.9 Å². The van der Waals surface area contributed by atoms with Crippen LogP contribution in [0.2, 0.25) is 0 Å². The van der Waals surface area contributed by atoms with Crippen LogP contribution >= 0.6 is 0 Å². The first kappa shape index (κ1) is 44.6. The fourth-order valence-electron chi connectivity index (χ4n) is 9.82. The van der Waals surface area contributed by atoms with Gasteiger partial charge in [-0.1, -0.05) is 27.7 Å². The van der Waals surface area contributed by atoms with Crippen LogP contribution in [0.3, 0.4) is 0 Å². The summed E-state index contributed by atoms with van der Waals surface area (Å²) < 4.78 is 33.1. The van der Waals surface area contributed by atoms with Crippen molar-refractivity contribution < 1.29 is 48.0 Å². The smallest absolute Gasteiger partial charge is 0.410 e. The summed E-state index contributed by atoms with van der Waals surface area (Å²) in [6.45, 7) is 13.3. The number of nitrogens with one attached hydrogen (secondary N) is 1. The van der Waals surface area contributed by atoms with Crippen molar-refractivity contribution in [2.75, 3.05) is 40.1 Å². The van der Waals surface area contributed by atoms with E-state index in [0.29, 0.717) is 32.4 Å². The lowest BCUT2D eigenvalue weighted by molar-refractivity contribution is -0.295. The van der Waals surface area contributed by atoms with Gasteiger partial charge in [0.2, 0.25) is 0 Å². The van der Waals surface area contributed by atoms with Gasteiger partial charge in [0, 0.05) is 74.9 Å². The zero-order chi connectivity index (χ0) is 43.1. The van der Waals surface area contributed by atoms with Crippen LogP contribution in [0.1, 0.15) is 74.1 Å². The van der Waals surface area contributed by atoms with E-state index < -0.39 is 89.3 Å². The number of pyridine rings is 1. The molecule has 0 radical (unpaired) electrons. The summed E-state index contributed by atoms with van der Waals surface area (Å²) in [7, 11) is 7.06. The van der Waals surface area contributed by atoms with Gasteiger partial charge >= 0.3 is 12.1 Å². The summed E-state index contributed by atoms with van der Waals surface area (Å²) in [5.74, 6) is -4.47. The van der Waals surface area contributed by atoms with E-state index >= 15 is 0 Å². The van der Waals surface area contributed by atoms with E-state index in [4.69, 9.17) is 23.7 Å². The monoisotopic (exact) mass is 824 g/mol. The number of nitrogens with zero attached hydrogens (tertiary/aromatic N) is 5. The molecule has 1 amide bonds. The SMILES string of the molecule is CNc1ccc(-c2cn(CCCCN3C(=O)O[C@]45C(C)[C@H]4OC(=O)[C@H](C)C(=O)[C@H](C)[C@@H](OC4O[C@H](C)C[C@H](N(C)C)[C@H]4O)[C@@](C)(OC)C[C@@H](C)C(=O)[C@H](C)[C@@H]35)cn2)cn1. The maximum Gasteiger partial charge on any atom is 0.410 e. The number of esters is 1. The molecule has 16 heteroatoms.